The highest BCUT2D eigenvalue weighted by Gasteiger charge is 2.27. The van der Waals surface area contributed by atoms with Crippen LogP contribution in [0.15, 0.2) is 41.5 Å². The van der Waals surface area contributed by atoms with Crippen molar-refractivity contribution in [2.45, 2.75) is 6.54 Å². The molecule has 6 nitrogen and oxygen atoms in total. The Morgan fingerprint density at radius 3 is 3.00 bits per heavy atom. The molecular formula is C15H10FN3O3. The van der Waals surface area contributed by atoms with Crippen LogP contribution in [-0.2, 0) is 16.1 Å². The van der Waals surface area contributed by atoms with Gasteiger partial charge in [0.1, 0.15) is 11.4 Å². The quantitative estimate of drug-likeness (QED) is 0.643. The number of ether oxygens (including phenoxy) is 1. The zero-order valence-electron chi connectivity index (χ0n) is 11.3. The van der Waals surface area contributed by atoms with Crippen molar-refractivity contribution in [3.63, 3.8) is 0 Å². The molecule has 0 atom stereocenters. The monoisotopic (exact) mass is 299 g/mol. The van der Waals surface area contributed by atoms with Gasteiger partial charge in [0.25, 0.3) is 5.91 Å². The third kappa shape index (κ3) is 2.57. The van der Waals surface area contributed by atoms with E-state index in [-0.39, 0.29) is 30.5 Å². The molecule has 2 aromatic rings. The number of amides is 1. The van der Waals surface area contributed by atoms with Crippen LogP contribution in [0.2, 0.25) is 0 Å². The lowest BCUT2D eigenvalue weighted by molar-refractivity contribution is -0.121. The summed E-state index contributed by atoms with van der Waals surface area (Å²) in [5.74, 6) is -0.780. The maximum atomic E-state index is 13.7. The van der Waals surface area contributed by atoms with E-state index in [4.69, 9.17) is 4.74 Å². The van der Waals surface area contributed by atoms with Crippen LogP contribution in [0.1, 0.15) is 5.69 Å². The number of hydrogen-bond acceptors (Lipinski definition) is 5. The minimum Gasteiger partial charge on any atom is -0.481 e. The molecule has 0 fully saturated rings. The molecule has 110 valence electrons. The number of nitrogens with zero attached hydrogens (tertiary/aromatic N) is 3. The summed E-state index contributed by atoms with van der Waals surface area (Å²) in [6.07, 6.45) is 2.90. The van der Waals surface area contributed by atoms with E-state index in [1.165, 1.54) is 17.0 Å². The van der Waals surface area contributed by atoms with E-state index in [1.54, 1.807) is 24.4 Å². The van der Waals surface area contributed by atoms with Crippen LogP contribution in [-0.4, -0.2) is 23.6 Å². The first-order chi connectivity index (χ1) is 10.7. The molecule has 2 heterocycles. The Morgan fingerprint density at radius 1 is 1.41 bits per heavy atom. The van der Waals surface area contributed by atoms with Gasteiger partial charge in [0, 0.05) is 12.3 Å². The van der Waals surface area contributed by atoms with Gasteiger partial charge in [-0.3, -0.25) is 14.7 Å². The predicted molar refractivity (Wildman–Crippen MR) is 75.1 cm³/mol. The Hall–Kier alpha value is -3.05. The van der Waals surface area contributed by atoms with Crippen LogP contribution in [0.3, 0.4) is 0 Å². The summed E-state index contributed by atoms with van der Waals surface area (Å²) in [6, 6.07) is 7.74. The molecule has 7 heteroatoms. The fraction of sp³-hybridized carbons (Fsp3) is 0.133. The topological polar surface area (TPSA) is 71.9 Å². The number of carbonyl (C=O) groups is 1. The second kappa shape index (κ2) is 5.75. The van der Waals surface area contributed by atoms with Gasteiger partial charge in [-0.05, 0) is 18.2 Å². The molecule has 1 aliphatic heterocycles. The Balaban J connectivity index is 2.03. The summed E-state index contributed by atoms with van der Waals surface area (Å²) in [6.45, 7) is 0.0292. The van der Waals surface area contributed by atoms with Crippen molar-refractivity contribution in [1.29, 1.82) is 0 Å². The summed E-state index contributed by atoms with van der Waals surface area (Å²) >= 11 is 0. The Kier molecular flexibility index (Phi) is 3.64. The molecular weight excluding hydrogens is 289 g/mol. The Morgan fingerprint density at radius 2 is 2.27 bits per heavy atom. The number of isocyanates is 1. The molecule has 0 saturated carbocycles. The van der Waals surface area contributed by atoms with Gasteiger partial charge in [0.2, 0.25) is 6.08 Å². The smallest absolute Gasteiger partial charge is 0.265 e. The number of hydrogen-bond donors (Lipinski definition) is 0. The van der Waals surface area contributed by atoms with Gasteiger partial charge < -0.3 is 4.74 Å². The van der Waals surface area contributed by atoms with Gasteiger partial charge in [0.15, 0.2) is 12.4 Å². The molecule has 1 aliphatic rings. The van der Waals surface area contributed by atoms with Crippen LogP contribution in [0.4, 0.5) is 15.8 Å². The standard InChI is InChI=1S/C15H10FN3O3/c16-11-5-14-13(6-12(11)18-9-20)19(15(21)8-22-14)7-10-3-1-2-4-17-10/h1-6H,7-8H2. The van der Waals surface area contributed by atoms with Crippen LogP contribution in [0.5, 0.6) is 5.75 Å². The van der Waals surface area contributed by atoms with Crippen molar-refractivity contribution < 1.29 is 18.7 Å². The van der Waals surface area contributed by atoms with E-state index in [2.05, 4.69) is 9.98 Å². The third-order valence-corrected chi connectivity index (χ3v) is 3.18. The summed E-state index contributed by atoms with van der Waals surface area (Å²) in [4.78, 5) is 31.3. The SMILES string of the molecule is O=C=Nc1cc2c(cc1F)OCC(=O)N2Cc1ccccn1. The number of halogens is 1. The van der Waals surface area contributed by atoms with Gasteiger partial charge in [-0.15, -0.1) is 0 Å². The molecule has 1 aromatic carbocycles. The first-order valence-electron chi connectivity index (χ1n) is 6.43. The Bertz CT molecular complexity index is 773. The fourth-order valence-corrected chi connectivity index (χ4v) is 2.17. The summed E-state index contributed by atoms with van der Waals surface area (Å²) < 4.78 is 19.0. The summed E-state index contributed by atoms with van der Waals surface area (Å²) in [5, 5.41) is 0. The molecule has 1 aromatic heterocycles. The largest absolute Gasteiger partial charge is 0.481 e. The fourth-order valence-electron chi connectivity index (χ4n) is 2.17. The lowest BCUT2D eigenvalue weighted by atomic mass is 10.2. The van der Waals surface area contributed by atoms with Crippen molar-refractivity contribution in [3.8, 4) is 5.75 Å². The van der Waals surface area contributed by atoms with Crippen molar-refractivity contribution in [2.75, 3.05) is 11.5 Å². The molecule has 1 amide bonds. The van der Waals surface area contributed by atoms with E-state index in [1.807, 2.05) is 0 Å². The number of aromatic nitrogens is 1. The average molecular weight is 299 g/mol. The molecule has 22 heavy (non-hydrogen) atoms. The highest BCUT2D eigenvalue weighted by molar-refractivity contribution is 5.98. The van der Waals surface area contributed by atoms with Gasteiger partial charge in [-0.25, -0.2) is 9.18 Å². The van der Waals surface area contributed by atoms with Crippen LogP contribution in [0.25, 0.3) is 0 Å². The summed E-state index contributed by atoms with van der Waals surface area (Å²) in [5.41, 5.74) is 0.823. The first-order valence-corrected chi connectivity index (χ1v) is 6.43. The lowest BCUT2D eigenvalue weighted by Gasteiger charge is -2.29. The van der Waals surface area contributed by atoms with Crippen molar-refractivity contribution in [2.24, 2.45) is 4.99 Å². The molecule has 0 saturated heterocycles. The number of anilines is 1. The maximum absolute atomic E-state index is 13.7. The van der Waals surface area contributed by atoms with Gasteiger partial charge in [0.05, 0.1) is 17.9 Å². The second-order valence-electron chi connectivity index (χ2n) is 4.56. The van der Waals surface area contributed by atoms with E-state index in [9.17, 15) is 14.0 Å². The number of carbonyl (C=O) groups excluding carboxylic acids is 2. The maximum Gasteiger partial charge on any atom is 0.265 e. The minimum absolute atomic E-state index is 0.185. The number of pyridine rings is 1. The average Bonchev–Trinajstić information content (AvgIpc) is 2.53. The van der Waals surface area contributed by atoms with E-state index >= 15 is 0 Å². The van der Waals surface area contributed by atoms with Crippen LogP contribution < -0.4 is 9.64 Å². The highest BCUT2D eigenvalue weighted by Crippen LogP contribution is 2.37. The van der Waals surface area contributed by atoms with E-state index in [0.717, 1.165) is 6.07 Å². The highest BCUT2D eigenvalue weighted by atomic mass is 19.1. The molecule has 0 spiro atoms. The number of fused-ring (bicyclic) bond motifs is 1. The molecule has 0 N–H and O–H groups in total. The molecule has 0 unspecified atom stereocenters. The van der Waals surface area contributed by atoms with Crippen LogP contribution >= 0.6 is 0 Å². The molecule has 0 radical (unpaired) electrons. The molecule has 0 bridgehead atoms. The lowest BCUT2D eigenvalue weighted by Crippen LogP contribution is -2.38. The predicted octanol–water partition coefficient (Wildman–Crippen LogP) is 2.11. The van der Waals surface area contributed by atoms with Gasteiger partial charge in [-0.1, -0.05) is 6.07 Å². The van der Waals surface area contributed by atoms with Crippen molar-refractivity contribution >= 4 is 23.4 Å². The third-order valence-electron chi connectivity index (χ3n) is 3.18. The zero-order chi connectivity index (χ0) is 15.5. The zero-order valence-corrected chi connectivity index (χ0v) is 11.3. The van der Waals surface area contributed by atoms with Crippen molar-refractivity contribution in [1.82, 2.24) is 4.98 Å². The van der Waals surface area contributed by atoms with Crippen LogP contribution in [0, 0.1) is 5.82 Å². The number of aliphatic imine (C=N–C) groups is 1. The first kappa shape index (κ1) is 13.9. The normalized spacial score (nSPS) is 13.1. The van der Waals surface area contributed by atoms with Crippen molar-refractivity contribution in [3.05, 3.63) is 48.0 Å². The number of benzene rings is 1. The minimum atomic E-state index is -0.714. The van der Waals surface area contributed by atoms with E-state index in [0.29, 0.717) is 11.4 Å². The number of rotatable bonds is 3. The second-order valence-corrected chi connectivity index (χ2v) is 4.56. The molecule has 3 rings (SSSR count). The van der Waals surface area contributed by atoms with E-state index < -0.39 is 5.82 Å². The Labute approximate surface area is 124 Å². The van der Waals surface area contributed by atoms with Gasteiger partial charge >= 0.3 is 0 Å². The molecule has 0 aliphatic carbocycles. The summed E-state index contributed by atoms with van der Waals surface area (Å²) in [7, 11) is 0. The van der Waals surface area contributed by atoms with Gasteiger partial charge in [-0.2, -0.15) is 4.99 Å².